The molecule has 0 fully saturated rings. The first kappa shape index (κ1) is 11.1. The lowest BCUT2D eigenvalue weighted by molar-refractivity contribution is 0.974. The molecule has 0 radical (unpaired) electrons. The van der Waals surface area contributed by atoms with E-state index in [4.69, 9.17) is 5.26 Å². The number of nitrogens with zero attached hydrogens (tertiary/aromatic N) is 2. The third kappa shape index (κ3) is 2.60. The van der Waals surface area contributed by atoms with E-state index in [9.17, 15) is 0 Å². The highest BCUT2D eigenvalue weighted by Gasteiger charge is 2.12. The third-order valence-electron chi connectivity index (χ3n) is 1.98. The van der Waals surface area contributed by atoms with Crippen LogP contribution in [0.4, 0.5) is 5.69 Å². The van der Waals surface area contributed by atoms with Crippen LogP contribution in [0.3, 0.4) is 0 Å². The maximum atomic E-state index is 9.06. The van der Waals surface area contributed by atoms with E-state index in [1.165, 1.54) is 11.3 Å². The molecule has 1 unspecified atom stereocenters. The van der Waals surface area contributed by atoms with Crippen molar-refractivity contribution < 1.29 is 0 Å². The summed E-state index contributed by atoms with van der Waals surface area (Å²) in [7, 11) is 0. The minimum Gasteiger partial charge on any atom is -0.364 e. The zero-order chi connectivity index (χ0) is 11.4. The molecule has 0 saturated heterocycles. The maximum absolute atomic E-state index is 9.06. The molecule has 0 aliphatic heterocycles. The van der Waals surface area contributed by atoms with Gasteiger partial charge in [-0.05, 0) is 24.3 Å². The third-order valence-corrected chi connectivity index (χ3v) is 3.35. The minimum atomic E-state index is -0.388. The van der Waals surface area contributed by atoms with Gasteiger partial charge in [-0.15, -0.1) is 11.3 Å². The molecule has 0 bridgehead atoms. The van der Waals surface area contributed by atoms with E-state index < -0.39 is 0 Å². The molecule has 2 aromatic rings. The van der Waals surface area contributed by atoms with E-state index >= 15 is 0 Å². The molecular formula is C11H8BrN3S. The fourth-order valence-corrected chi connectivity index (χ4v) is 2.13. The quantitative estimate of drug-likeness (QED) is 0.941. The van der Waals surface area contributed by atoms with Crippen molar-refractivity contribution in [2.24, 2.45) is 0 Å². The first-order valence-corrected chi connectivity index (χ1v) is 6.28. The van der Waals surface area contributed by atoms with Crippen molar-refractivity contribution >= 4 is 33.0 Å². The lowest BCUT2D eigenvalue weighted by Gasteiger charge is -2.10. The smallest absolute Gasteiger partial charge is 0.166 e. The summed E-state index contributed by atoms with van der Waals surface area (Å²) in [5.41, 5.74) is 0.907. The topological polar surface area (TPSA) is 48.7 Å². The van der Waals surface area contributed by atoms with Gasteiger partial charge in [0.15, 0.2) is 6.04 Å². The van der Waals surface area contributed by atoms with Gasteiger partial charge in [0, 0.05) is 21.7 Å². The Bertz CT molecular complexity index is 487. The zero-order valence-corrected chi connectivity index (χ0v) is 10.6. The van der Waals surface area contributed by atoms with Gasteiger partial charge in [-0.25, -0.2) is 4.98 Å². The molecule has 2 rings (SSSR count). The molecular weight excluding hydrogens is 286 g/mol. The SMILES string of the molecule is N#CC(Nc1ccc(Br)cc1)c1nccs1. The van der Waals surface area contributed by atoms with Gasteiger partial charge in [-0.1, -0.05) is 15.9 Å². The molecule has 0 spiro atoms. The molecule has 80 valence electrons. The van der Waals surface area contributed by atoms with Gasteiger partial charge in [-0.2, -0.15) is 5.26 Å². The molecule has 3 nitrogen and oxygen atoms in total. The van der Waals surface area contributed by atoms with Crippen LogP contribution in [-0.4, -0.2) is 4.98 Å². The van der Waals surface area contributed by atoms with Crippen LogP contribution in [0.25, 0.3) is 0 Å². The second-order valence-corrected chi connectivity index (χ2v) is 4.93. The van der Waals surface area contributed by atoms with Crippen molar-refractivity contribution in [1.82, 2.24) is 4.98 Å². The molecule has 0 saturated carbocycles. The fraction of sp³-hybridized carbons (Fsp3) is 0.0909. The highest BCUT2D eigenvalue weighted by atomic mass is 79.9. The van der Waals surface area contributed by atoms with Crippen molar-refractivity contribution in [2.45, 2.75) is 6.04 Å². The normalized spacial score (nSPS) is 11.8. The number of hydrogen-bond acceptors (Lipinski definition) is 4. The summed E-state index contributed by atoms with van der Waals surface area (Å²) in [5.74, 6) is 0. The van der Waals surface area contributed by atoms with Crippen molar-refractivity contribution in [3.05, 3.63) is 45.3 Å². The van der Waals surface area contributed by atoms with Gasteiger partial charge in [0.2, 0.25) is 0 Å². The number of aromatic nitrogens is 1. The van der Waals surface area contributed by atoms with E-state index in [1.807, 2.05) is 29.6 Å². The van der Waals surface area contributed by atoms with Crippen LogP contribution in [0, 0.1) is 11.3 Å². The Labute approximate surface area is 106 Å². The van der Waals surface area contributed by atoms with Crippen LogP contribution in [-0.2, 0) is 0 Å². The molecule has 1 atom stereocenters. The fourth-order valence-electron chi connectivity index (χ4n) is 1.24. The van der Waals surface area contributed by atoms with Crippen LogP contribution >= 0.6 is 27.3 Å². The summed E-state index contributed by atoms with van der Waals surface area (Å²) in [6.45, 7) is 0. The van der Waals surface area contributed by atoms with Crippen LogP contribution in [0.1, 0.15) is 11.0 Å². The van der Waals surface area contributed by atoms with Gasteiger partial charge in [0.1, 0.15) is 5.01 Å². The number of benzene rings is 1. The molecule has 1 aromatic heterocycles. The van der Waals surface area contributed by atoms with Crippen LogP contribution in [0.15, 0.2) is 40.3 Å². The zero-order valence-electron chi connectivity index (χ0n) is 8.22. The molecule has 0 aliphatic carbocycles. The van der Waals surface area contributed by atoms with E-state index in [-0.39, 0.29) is 6.04 Å². The lowest BCUT2D eigenvalue weighted by atomic mass is 10.2. The number of thiazole rings is 1. The van der Waals surface area contributed by atoms with E-state index in [0.717, 1.165) is 15.2 Å². The summed E-state index contributed by atoms with van der Waals surface area (Å²) in [5, 5.41) is 14.8. The Kier molecular flexibility index (Phi) is 3.54. The molecule has 0 amide bonds. The van der Waals surface area contributed by atoms with Gasteiger partial charge in [-0.3, -0.25) is 0 Å². The monoisotopic (exact) mass is 293 g/mol. The lowest BCUT2D eigenvalue weighted by Crippen LogP contribution is -2.07. The number of rotatable bonds is 3. The number of hydrogen-bond donors (Lipinski definition) is 1. The standard InChI is InChI=1S/C11H8BrN3S/c12-8-1-3-9(4-2-8)15-10(7-13)11-14-5-6-16-11/h1-6,10,15H. The maximum Gasteiger partial charge on any atom is 0.166 e. The first-order valence-electron chi connectivity index (χ1n) is 4.60. The summed E-state index contributed by atoms with van der Waals surface area (Å²) in [6.07, 6.45) is 1.70. The summed E-state index contributed by atoms with van der Waals surface area (Å²) < 4.78 is 1.01. The number of nitrogens with one attached hydrogen (secondary N) is 1. The molecule has 1 N–H and O–H groups in total. The average molecular weight is 294 g/mol. The van der Waals surface area contributed by atoms with E-state index in [0.29, 0.717) is 0 Å². The minimum absolute atomic E-state index is 0.388. The van der Waals surface area contributed by atoms with Crippen molar-refractivity contribution in [1.29, 1.82) is 5.26 Å². The van der Waals surface area contributed by atoms with Gasteiger partial charge in [0.25, 0.3) is 0 Å². The molecule has 0 aliphatic rings. The van der Waals surface area contributed by atoms with E-state index in [2.05, 4.69) is 32.3 Å². The Hall–Kier alpha value is -1.38. The average Bonchev–Trinajstić information content (AvgIpc) is 2.82. The van der Waals surface area contributed by atoms with Gasteiger partial charge >= 0.3 is 0 Å². The highest BCUT2D eigenvalue weighted by Crippen LogP contribution is 2.22. The van der Waals surface area contributed by atoms with Crippen molar-refractivity contribution in [3.8, 4) is 6.07 Å². The Morgan fingerprint density at radius 1 is 1.38 bits per heavy atom. The number of anilines is 1. The Balaban J connectivity index is 2.14. The van der Waals surface area contributed by atoms with Gasteiger partial charge < -0.3 is 5.32 Å². The largest absolute Gasteiger partial charge is 0.364 e. The second-order valence-electron chi connectivity index (χ2n) is 3.08. The van der Waals surface area contributed by atoms with Crippen molar-refractivity contribution in [2.75, 3.05) is 5.32 Å². The Morgan fingerprint density at radius 3 is 2.69 bits per heavy atom. The number of nitriles is 1. The van der Waals surface area contributed by atoms with Crippen LogP contribution in [0.5, 0.6) is 0 Å². The summed E-state index contributed by atoms with van der Waals surface area (Å²) in [6, 6.07) is 9.50. The van der Waals surface area contributed by atoms with E-state index in [1.54, 1.807) is 6.20 Å². The Morgan fingerprint density at radius 2 is 2.12 bits per heavy atom. The molecule has 5 heteroatoms. The van der Waals surface area contributed by atoms with Crippen LogP contribution in [0.2, 0.25) is 0 Å². The summed E-state index contributed by atoms with van der Waals surface area (Å²) in [4.78, 5) is 4.13. The first-order chi connectivity index (χ1) is 7.79. The molecule has 1 aromatic carbocycles. The summed E-state index contributed by atoms with van der Waals surface area (Å²) >= 11 is 4.84. The van der Waals surface area contributed by atoms with Crippen molar-refractivity contribution in [3.63, 3.8) is 0 Å². The van der Waals surface area contributed by atoms with Crippen LogP contribution < -0.4 is 5.32 Å². The molecule has 1 heterocycles. The predicted octanol–water partition coefficient (Wildman–Crippen LogP) is 3.58. The number of halogens is 1. The predicted molar refractivity (Wildman–Crippen MR) is 68.2 cm³/mol. The van der Waals surface area contributed by atoms with Gasteiger partial charge in [0.05, 0.1) is 6.07 Å². The molecule has 16 heavy (non-hydrogen) atoms. The highest BCUT2D eigenvalue weighted by molar-refractivity contribution is 9.10. The second kappa shape index (κ2) is 5.10.